The summed E-state index contributed by atoms with van der Waals surface area (Å²) in [6.45, 7) is 5.49. The van der Waals surface area contributed by atoms with E-state index in [1.54, 1.807) is 0 Å². The number of hydrogen-bond acceptors (Lipinski definition) is 2. The van der Waals surface area contributed by atoms with Crippen LogP contribution < -0.4 is 0 Å². The average molecular weight is 194 g/mol. The summed E-state index contributed by atoms with van der Waals surface area (Å²) in [6, 6.07) is 3.27. The van der Waals surface area contributed by atoms with E-state index in [4.69, 9.17) is 5.26 Å². The Morgan fingerprint density at radius 3 is 2.79 bits per heavy atom. The molecule has 80 valence electrons. The molecule has 1 heterocycles. The minimum absolute atomic E-state index is 0.159. The topological polar surface area (TPSA) is 27.0 Å². The molecule has 14 heavy (non-hydrogen) atoms. The van der Waals surface area contributed by atoms with Crippen LogP contribution in [0.25, 0.3) is 0 Å². The summed E-state index contributed by atoms with van der Waals surface area (Å²) in [4.78, 5) is 2.44. The SMILES string of the molecule is CCCC1CCCCN1C(C#N)CC. The lowest BCUT2D eigenvalue weighted by molar-refractivity contribution is 0.110. The van der Waals surface area contributed by atoms with E-state index in [1.165, 1.54) is 32.1 Å². The second kappa shape index (κ2) is 6.03. The Balaban J connectivity index is 2.57. The second-order valence-electron chi connectivity index (χ2n) is 4.23. The van der Waals surface area contributed by atoms with Crippen molar-refractivity contribution in [2.75, 3.05) is 6.54 Å². The normalized spacial score (nSPS) is 25.6. The van der Waals surface area contributed by atoms with Crippen molar-refractivity contribution in [1.82, 2.24) is 4.90 Å². The number of hydrogen-bond donors (Lipinski definition) is 0. The average Bonchev–Trinajstić information content (AvgIpc) is 2.23. The van der Waals surface area contributed by atoms with Gasteiger partial charge in [-0.15, -0.1) is 0 Å². The van der Waals surface area contributed by atoms with E-state index >= 15 is 0 Å². The van der Waals surface area contributed by atoms with E-state index in [1.807, 2.05) is 0 Å². The molecule has 2 unspecified atom stereocenters. The van der Waals surface area contributed by atoms with Crippen LogP contribution in [0.15, 0.2) is 0 Å². The molecule has 0 spiro atoms. The fourth-order valence-electron chi connectivity index (χ4n) is 2.48. The van der Waals surface area contributed by atoms with Crippen LogP contribution in [-0.2, 0) is 0 Å². The van der Waals surface area contributed by atoms with Gasteiger partial charge in [0.1, 0.15) is 0 Å². The standard InChI is InChI=1S/C12H22N2/c1-3-7-12-8-5-6-9-14(12)11(4-2)10-13/h11-12H,3-9H2,1-2H3. The van der Waals surface area contributed by atoms with Crippen molar-refractivity contribution in [2.24, 2.45) is 0 Å². The Labute approximate surface area is 87.9 Å². The minimum Gasteiger partial charge on any atom is -0.285 e. The second-order valence-corrected chi connectivity index (χ2v) is 4.23. The predicted octanol–water partition coefficient (Wildman–Crippen LogP) is 2.94. The van der Waals surface area contributed by atoms with Gasteiger partial charge in [0.25, 0.3) is 0 Å². The zero-order valence-corrected chi connectivity index (χ0v) is 9.50. The zero-order valence-electron chi connectivity index (χ0n) is 9.50. The van der Waals surface area contributed by atoms with E-state index in [-0.39, 0.29) is 6.04 Å². The van der Waals surface area contributed by atoms with Crippen LogP contribution >= 0.6 is 0 Å². The smallest absolute Gasteiger partial charge is 0.0977 e. The fraction of sp³-hybridized carbons (Fsp3) is 0.917. The van der Waals surface area contributed by atoms with Crippen molar-refractivity contribution in [1.29, 1.82) is 5.26 Å². The molecule has 0 amide bonds. The maximum Gasteiger partial charge on any atom is 0.0977 e. The van der Waals surface area contributed by atoms with Crippen LogP contribution in [0.2, 0.25) is 0 Å². The summed E-state index contributed by atoms with van der Waals surface area (Å²) in [5.41, 5.74) is 0. The van der Waals surface area contributed by atoms with E-state index in [0.29, 0.717) is 6.04 Å². The highest BCUT2D eigenvalue weighted by molar-refractivity contribution is 4.94. The Bertz CT molecular complexity index is 193. The number of nitrogens with zero attached hydrogens (tertiary/aromatic N) is 2. The first-order valence-electron chi connectivity index (χ1n) is 5.98. The largest absolute Gasteiger partial charge is 0.285 e. The highest BCUT2D eigenvalue weighted by Gasteiger charge is 2.26. The van der Waals surface area contributed by atoms with Crippen LogP contribution in [0.5, 0.6) is 0 Å². The van der Waals surface area contributed by atoms with Crippen molar-refractivity contribution >= 4 is 0 Å². The Morgan fingerprint density at radius 1 is 1.43 bits per heavy atom. The van der Waals surface area contributed by atoms with Crippen molar-refractivity contribution < 1.29 is 0 Å². The maximum atomic E-state index is 9.07. The number of piperidine rings is 1. The molecule has 0 N–H and O–H groups in total. The summed E-state index contributed by atoms with van der Waals surface area (Å²) in [6.07, 6.45) is 7.39. The predicted molar refractivity (Wildman–Crippen MR) is 58.9 cm³/mol. The highest BCUT2D eigenvalue weighted by Crippen LogP contribution is 2.23. The van der Waals surface area contributed by atoms with E-state index < -0.39 is 0 Å². The van der Waals surface area contributed by atoms with E-state index in [0.717, 1.165) is 13.0 Å². The third kappa shape index (κ3) is 2.72. The van der Waals surface area contributed by atoms with Crippen LogP contribution in [0.3, 0.4) is 0 Å². The van der Waals surface area contributed by atoms with Gasteiger partial charge < -0.3 is 0 Å². The minimum atomic E-state index is 0.159. The van der Waals surface area contributed by atoms with Gasteiger partial charge >= 0.3 is 0 Å². The molecular formula is C12H22N2. The first kappa shape index (κ1) is 11.5. The molecule has 2 heteroatoms. The third-order valence-corrected chi connectivity index (χ3v) is 3.23. The fourth-order valence-corrected chi connectivity index (χ4v) is 2.48. The van der Waals surface area contributed by atoms with E-state index in [2.05, 4.69) is 24.8 Å². The quantitative estimate of drug-likeness (QED) is 0.688. The molecule has 0 aromatic rings. The summed E-state index contributed by atoms with van der Waals surface area (Å²) in [7, 11) is 0. The van der Waals surface area contributed by atoms with Crippen LogP contribution in [0, 0.1) is 11.3 Å². The van der Waals surface area contributed by atoms with Gasteiger partial charge in [-0.05, 0) is 32.2 Å². The van der Waals surface area contributed by atoms with Crippen LogP contribution in [0.1, 0.15) is 52.4 Å². The molecule has 0 saturated carbocycles. The van der Waals surface area contributed by atoms with Gasteiger partial charge in [-0.2, -0.15) is 5.26 Å². The molecule has 1 rings (SSSR count). The molecule has 1 fully saturated rings. The monoisotopic (exact) mass is 194 g/mol. The molecule has 1 aliphatic rings. The van der Waals surface area contributed by atoms with Gasteiger partial charge in [-0.25, -0.2) is 0 Å². The summed E-state index contributed by atoms with van der Waals surface area (Å²) in [5.74, 6) is 0. The number of likely N-dealkylation sites (tertiary alicyclic amines) is 1. The van der Waals surface area contributed by atoms with Crippen molar-refractivity contribution in [3.8, 4) is 6.07 Å². The lowest BCUT2D eigenvalue weighted by Gasteiger charge is -2.38. The molecule has 1 saturated heterocycles. The lowest BCUT2D eigenvalue weighted by atomic mass is 9.96. The van der Waals surface area contributed by atoms with Crippen LogP contribution in [-0.4, -0.2) is 23.5 Å². The van der Waals surface area contributed by atoms with Gasteiger partial charge in [-0.1, -0.05) is 26.7 Å². The summed E-state index contributed by atoms with van der Waals surface area (Å²) >= 11 is 0. The molecule has 0 radical (unpaired) electrons. The molecule has 0 aliphatic carbocycles. The van der Waals surface area contributed by atoms with Gasteiger partial charge in [0, 0.05) is 6.04 Å². The Kier molecular flexibility index (Phi) is 4.97. The summed E-state index contributed by atoms with van der Waals surface area (Å²) in [5, 5.41) is 9.07. The summed E-state index contributed by atoms with van der Waals surface area (Å²) < 4.78 is 0. The highest BCUT2D eigenvalue weighted by atomic mass is 15.2. The van der Waals surface area contributed by atoms with Crippen molar-refractivity contribution in [3.05, 3.63) is 0 Å². The molecular weight excluding hydrogens is 172 g/mol. The van der Waals surface area contributed by atoms with Crippen LogP contribution in [0.4, 0.5) is 0 Å². The number of nitriles is 1. The molecule has 2 nitrogen and oxygen atoms in total. The molecule has 2 atom stereocenters. The lowest BCUT2D eigenvalue weighted by Crippen LogP contribution is -2.45. The van der Waals surface area contributed by atoms with Gasteiger partial charge in [0.05, 0.1) is 12.1 Å². The first-order valence-corrected chi connectivity index (χ1v) is 5.98. The number of rotatable bonds is 4. The molecule has 0 aromatic heterocycles. The third-order valence-electron chi connectivity index (χ3n) is 3.23. The van der Waals surface area contributed by atoms with Crippen molar-refractivity contribution in [2.45, 2.75) is 64.5 Å². The maximum absolute atomic E-state index is 9.07. The van der Waals surface area contributed by atoms with Gasteiger partial charge in [0.15, 0.2) is 0 Å². The molecule has 0 aromatic carbocycles. The molecule has 0 bridgehead atoms. The van der Waals surface area contributed by atoms with Crippen molar-refractivity contribution in [3.63, 3.8) is 0 Å². The van der Waals surface area contributed by atoms with E-state index in [9.17, 15) is 0 Å². The Morgan fingerprint density at radius 2 is 2.21 bits per heavy atom. The van der Waals surface area contributed by atoms with Gasteiger partial charge in [-0.3, -0.25) is 4.90 Å². The first-order chi connectivity index (χ1) is 6.83. The molecule has 1 aliphatic heterocycles. The van der Waals surface area contributed by atoms with Gasteiger partial charge in [0.2, 0.25) is 0 Å². The zero-order chi connectivity index (χ0) is 10.4. The Hall–Kier alpha value is -0.550.